The summed E-state index contributed by atoms with van der Waals surface area (Å²) in [5.41, 5.74) is 2.12. The number of nitrogens with zero attached hydrogens (tertiary/aromatic N) is 1. The molecule has 0 aliphatic heterocycles. The average Bonchev–Trinajstić information content (AvgIpc) is 2.34. The van der Waals surface area contributed by atoms with Crippen molar-refractivity contribution in [3.8, 4) is 0 Å². The molecule has 0 saturated carbocycles. The Morgan fingerprint density at radius 1 is 1.12 bits per heavy atom. The summed E-state index contributed by atoms with van der Waals surface area (Å²) in [5.74, 6) is 0. The molecule has 2 rings (SSSR count). The molecule has 0 radical (unpaired) electrons. The second kappa shape index (κ2) is 5.45. The van der Waals surface area contributed by atoms with Gasteiger partial charge in [-0.3, -0.25) is 0 Å². The van der Waals surface area contributed by atoms with Gasteiger partial charge in [-0.2, -0.15) is 0 Å². The van der Waals surface area contributed by atoms with Crippen molar-refractivity contribution in [1.82, 2.24) is 4.98 Å². The van der Waals surface area contributed by atoms with E-state index in [1.807, 2.05) is 12.1 Å². The molecule has 0 atom stereocenters. The zero-order valence-corrected chi connectivity index (χ0v) is 9.69. The summed E-state index contributed by atoms with van der Waals surface area (Å²) in [6.45, 7) is 2.21. The molecule has 1 nitrogen and oxygen atoms in total. The fourth-order valence-electron chi connectivity index (χ4n) is 1.70. The summed E-state index contributed by atoms with van der Waals surface area (Å²) in [7, 11) is 0. The Balaban J connectivity index is 2.16. The molecule has 0 amide bonds. The SMILES string of the molecule is CCCC/C=C/c1ccc2ccccc2n1. The van der Waals surface area contributed by atoms with Gasteiger partial charge in [-0.15, -0.1) is 0 Å². The third kappa shape index (κ3) is 2.69. The number of para-hydroxylation sites is 1. The summed E-state index contributed by atoms with van der Waals surface area (Å²) in [6, 6.07) is 12.4. The lowest BCUT2D eigenvalue weighted by molar-refractivity contribution is 0.816. The lowest BCUT2D eigenvalue weighted by Crippen LogP contribution is -1.82. The molecule has 0 bridgehead atoms. The van der Waals surface area contributed by atoms with Crippen molar-refractivity contribution in [2.45, 2.75) is 26.2 Å². The Hall–Kier alpha value is -1.63. The van der Waals surface area contributed by atoms with Crippen molar-refractivity contribution in [1.29, 1.82) is 0 Å². The van der Waals surface area contributed by atoms with Gasteiger partial charge >= 0.3 is 0 Å². The first kappa shape index (κ1) is 10.9. The maximum Gasteiger partial charge on any atom is 0.0709 e. The third-order valence-corrected chi connectivity index (χ3v) is 2.63. The van der Waals surface area contributed by atoms with Crippen molar-refractivity contribution in [3.05, 3.63) is 48.2 Å². The van der Waals surface area contributed by atoms with Gasteiger partial charge in [-0.25, -0.2) is 4.98 Å². The van der Waals surface area contributed by atoms with Gasteiger partial charge < -0.3 is 0 Å². The smallest absolute Gasteiger partial charge is 0.0709 e. The van der Waals surface area contributed by atoms with E-state index in [1.165, 1.54) is 18.2 Å². The molecule has 0 unspecified atom stereocenters. The summed E-state index contributed by atoms with van der Waals surface area (Å²) < 4.78 is 0. The van der Waals surface area contributed by atoms with E-state index in [-0.39, 0.29) is 0 Å². The summed E-state index contributed by atoms with van der Waals surface area (Å²) in [6.07, 6.45) is 7.97. The Morgan fingerprint density at radius 3 is 2.88 bits per heavy atom. The van der Waals surface area contributed by atoms with E-state index in [1.54, 1.807) is 0 Å². The quantitative estimate of drug-likeness (QED) is 0.681. The van der Waals surface area contributed by atoms with Gasteiger partial charge in [-0.05, 0) is 24.6 Å². The van der Waals surface area contributed by atoms with E-state index < -0.39 is 0 Å². The Labute approximate surface area is 96.8 Å². The molecule has 0 saturated heterocycles. The predicted octanol–water partition coefficient (Wildman–Crippen LogP) is 4.44. The number of hydrogen-bond donors (Lipinski definition) is 0. The van der Waals surface area contributed by atoms with Crippen molar-refractivity contribution < 1.29 is 0 Å². The molecule has 1 aromatic carbocycles. The Bertz CT molecular complexity index is 486. The minimum Gasteiger partial charge on any atom is -0.248 e. The number of unbranched alkanes of at least 4 members (excludes halogenated alkanes) is 2. The number of rotatable bonds is 4. The first-order valence-corrected chi connectivity index (χ1v) is 5.92. The number of allylic oxidation sites excluding steroid dienone is 1. The van der Waals surface area contributed by atoms with Crippen molar-refractivity contribution in [2.24, 2.45) is 0 Å². The normalized spacial score (nSPS) is 11.3. The lowest BCUT2D eigenvalue weighted by atomic mass is 10.2. The number of hydrogen-bond acceptors (Lipinski definition) is 1. The van der Waals surface area contributed by atoms with E-state index in [4.69, 9.17) is 0 Å². The highest BCUT2D eigenvalue weighted by Gasteiger charge is 1.93. The summed E-state index contributed by atoms with van der Waals surface area (Å²) in [5, 5.41) is 1.20. The van der Waals surface area contributed by atoms with Crippen LogP contribution in [-0.2, 0) is 0 Å². The molecule has 1 heterocycles. The van der Waals surface area contributed by atoms with Gasteiger partial charge in [0, 0.05) is 5.39 Å². The highest BCUT2D eigenvalue weighted by molar-refractivity contribution is 5.79. The number of fused-ring (bicyclic) bond motifs is 1. The van der Waals surface area contributed by atoms with Gasteiger partial charge in [0.25, 0.3) is 0 Å². The molecule has 0 aliphatic carbocycles. The molecular weight excluding hydrogens is 194 g/mol. The standard InChI is InChI=1S/C15H17N/c1-2-3-4-5-9-14-12-11-13-8-6-7-10-15(13)16-14/h5-12H,2-4H2,1H3/b9-5+. The minimum atomic E-state index is 1.05. The van der Waals surface area contributed by atoms with Crippen LogP contribution < -0.4 is 0 Å². The van der Waals surface area contributed by atoms with Crippen LogP contribution in [0.5, 0.6) is 0 Å². The van der Waals surface area contributed by atoms with E-state index >= 15 is 0 Å². The van der Waals surface area contributed by atoms with Crippen molar-refractivity contribution in [3.63, 3.8) is 0 Å². The average molecular weight is 211 g/mol. The van der Waals surface area contributed by atoms with E-state index in [0.29, 0.717) is 0 Å². The number of benzene rings is 1. The van der Waals surface area contributed by atoms with E-state index in [2.05, 4.69) is 48.3 Å². The molecule has 0 N–H and O–H groups in total. The van der Waals surface area contributed by atoms with Crippen LogP contribution in [0.25, 0.3) is 17.0 Å². The maximum absolute atomic E-state index is 4.59. The van der Waals surface area contributed by atoms with Gasteiger partial charge in [0.05, 0.1) is 11.2 Å². The van der Waals surface area contributed by atoms with Crippen LogP contribution in [0, 0.1) is 0 Å². The molecule has 0 fully saturated rings. The largest absolute Gasteiger partial charge is 0.248 e. The molecule has 1 aromatic heterocycles. The van der Waals surface area contributed by atoms with Crippen LogP contribution >= 0.6 is 0 Å². The molecule has 0 spiro atoms. The van der Waals surface area contributed by atoms with Gasteiger partial charge in [-0.1, -0.05) is 50.1 Å². The Kier molecular flexibility index (Phi) is 3.71. The fraction of sp³-hybridized carbons (Fsp3) is 0.267. The minimum absolute atomic E-state index is 1.05. The highest BCUT2D eigenvalue weighted by atomic mass is 14.7. The number of pyridine rings is 1. The van der Waals surface area contributed by atoms with Crippen LogP contribution in [0.15, 0.2) is 42.5 Å². The van der Waals surface area contributed by atoms with Crippen LogP contribution in [0.1, 0.15) is 31.9 Å². The summed E-state index contributed by atoms with van der Waals surface area (Å²) >= 11 is 0. The van der Waals surface area contributed by atoms with Gasteiger partial charge in [0.15, 0.2) is 0 Å². The van der Waals surface area contributed by atoms with Gasteiger partial charge in [0.2, 0.25) is 0 Å². The van der Waals surface area contributed by atoms with Crippen molar-refractivity contribution in [2.75, 3.05) is 0 Å². The van der Waals surface area contributed by atoms with Crippen LogP contribution in [0.2, 0.25) is 0 Å². The molecule has 1 heteroatoms. The van der Waals surface area contributed by atoms with Crippen LogP contribution in [0.3, 0.4) is 0 Å². The first-order chi connectivity index (χ1) is 7.90. The highest BCUT2D eigenvalue weighted by Crippen LogP contribution is 2.12. The topological polar surface area (TPSA) is 12.9 Å². The molecule has 2 aromatic rings. The van der Waals surface area contributed by atoms with E-state index in [0.717, 1.165) is 17.6 Å². The molecule has 82 valence electrons. The zero-order valence-electron chi connectivity index (χ0n) is 9.69. The van der Waals surface area contributed by atoms with E-state index in [9.17, 15) is 0 Å². The maximum atomic E-state index is 4.59. The first-order valence-electron chi connectivity index (χ1n) is 5.92. The second-order valence-corrected chi connectivity index (χ2v) is 3.97. The van der Waals surface area contributed by atoms with Crippen LogP contribution in [0.4, 0.5) is 0 Å². The molecular formula is C15H17N. The lowest BCUT2D eigenvalue weighted by Gasteiger charge is -1.98. The third-order valence-electron chi connectivity index (χ3n) is 2.63. The second-order valence-electron chi connectivity index (χ2n) is 3.97. The fourth-order valence-corrected chi connectivity index (χ4v) is 1.70. The van der Waals surface area contributed by atoms with Gasteiger partial charge in [0.1, 0.15) is 0 Å². The molecule has 0 aliphatic rings. The number of aromatic nitrogens is 1. The summed E-state index contributed by atoms with van der Waals surface area (Å²) in [4.78, 5) is 4.59. The van der Waals surface area contributed by atoms with Crippen molar-refractivity contribution >= 4 is 17.0 Å². The van der Waals surface area contributed by atoms with Crippen LogP contribution in [-0.4, -0.2) is 4.98 Å². The zero-order chi connectivity index (χ0) is 11.2. The monoisotopic (exact) mass is 211 g/mol. The Morgan fingerprint density at radius 2 is 2.00 bits per heavy atom. The predicted molar refractivity (Wildman–Crippen MR) is 70.3 cm³/mol. The molecule has 16 heavy (non-hydrogen) atoms.